The molecule has 2 aromatic rings. The van der Waals surface area contributed by atoms with Gasteiger partial charge in [0.25, 0.3) is 0 Å². The summed E-state index contributed by atoms with van der Waals surface area (Å²) in [5.74, 6) is -0.402. The smallest absolute Gasteiger partial charge is 0.345 e. The third-order valence-electron chi connectivity index (χ3n) is 5.63. The number of hydrogen-bond donors (Lipinski definition) is 2. The zero-order valence-corrected chi connectivity index (χ0v) is 17.7. The predicted molar refractivity (Wildman–Crippen MR) is 114 cm³/mol. The Balaban J connectivity index is 1.53. The van der Waals surface area contributed by atoms with Gasteiger partial charge in [0.05, 0.1) is 6.10 Å². The van der Waals surface area contributed by atoms with Crippen LogP contribution in [-0.4, -0.2) is 46.2 Å². The highest BCUT2D eigenvalue weighted by Gasteiger charge is 2.41. The third-order valence-corrected chi connectivity index (χ3v) is 7.26. The molecule has 4 nitrogen and oxygen atoms in total. The van der Waals surface area contributed by atoms with Crippen LogP contribution in [0, 0.1) is 11.8 Å². The molecule has 0 saturated heterocycles. The van der Waals surface area contributed by atoms with Crippen LogP contribution >= 0.6 is 22.9 Å². The minimum absolute atomic E-state index is 0.00282. The second-order valence-corrected chi connectivity index (χ2v) is 9.52. The van der Waals surface area contributed by atoms with Gasteiger partial charge in [-0.2, -0.15) is 0 Å². The fraction of sp³-hybridized carbons (Fsp3) is 0.500. The highest BCUT2D eigenvalue weighted by Crippen LogP contribution is 2.40. The monoisotopic (exact) mass is 421 g/mol. The quantitative estimate of drug-likeness (QED) is 0.585. The molecule has 0 spiro atoms. The first-order chi connectivity index (χ1) is 13.4. The number of halogens is 1. The molecule has 1 aromatic carbocycles. The summed E-state index contributed by atoms with van der Waals surface area (Å²) in [5, 5.41) is 19.6. The van der Waals surface area contributed by atoms with Crippen molar-refractivity contribution in [3.8, 4) is 0 Å². The van der Waals surface area contributed by atoms with Crippen molar-refractivity contribution in [3.63, 3.8) is 0 Å². The number of carbonyl (C=O) groups is 1. The Hall–Kier alpha value is -1.40. The number of alkyl halides is 1. The lowest BCUT2D eigenvalue weighted by atomic mass is 9.89. The highest BCUT2D eigenvalue weighted by atomic mass is 35.5. The molecule has 28 heavy (non-hydrogen) atoms. The topological polar surface area (TPSA) is 60.8 Å². The molecule has 6 heteroatoms. The van der Waals surface area contributed by atoms with Crippen molar-refractivity contribution in [2.24, 2.45) is 11.8 Å². The number of thiophene rings is 1. The molecule has 1 aromatic heterocycles. The molecule has 1 saturated carbocycles. The molecule has 1 aliphatic carbocycles. The van der Waals surface area contributed by atoms with Crippen LogP contribution in [0.1, 0.15) is 39.4 Å². The number of rotatable bonds is 9. The van der Waals surface area contributed by atoms with E-state index in [0.717, 1.165) is 37.2 Å². The van der Waals surface area contributed by atoms with Crippen molar-refractivity contribution in [2.45, 2.75) is 43.7 Å². The SMILES string of the molecule is CN(Cc1ccccc1)CC1C(O)CC(Cl)C1CCCc1ccc(C(=O)O)s1. The first kappa shape index (κ1) is 21.3. The Labute approximate surface area is 175 Å². The summed E-state index contributed by atoms with van der Waals surface area (Å²) in [6, 6.07) is 13.9. The van der Waals surface area contributed by atoms with Gasteiger partial charge >= 0.3 is 5.97 Å². The Kier molecular flexibility index (Phi) is 7.52. The van der Waals surface area contributed by atoms with E-state index in [2.05, 4.69) is 24.1 Å². The lowest BCUT2D eigenvalue weighted by molar-refractivity contribution is 0.0702. The molecule has 4 unspecified atom stereocenters. The van der Waals surface area contributed by atoms with Gasteiger partial charge in [-0.15, -0.1) is 22.9 Å². The number of aliphatic hydroxyl groups is 1. The van der Waals surface area contributed by atoms with E-state index in [1.165, 1.54) is 16.9 Å². The lowest BCUT2D eigenvalue weighted by Crippen LogP contribution is -2.33. The molecule has 2 N–H and O–H groups in total. The van der Waals surface area contributed by atoms with Crippen LogP contribution in [0.5, 0.6) is 0 Å². The number of carboxylic acid groups (broad SMARTS) is 1. The standard InChI is InChI=1S/C22H28ClNO3S/c1-24(13-15-6-3-2-4-7-15)14-18-17(19(23)12-20(18)25)9-5-8-16-10-11-21(28-16)22(26)27/h2-4,6-7,10-11,17-20,25H,5,8-9,12-14H2,1H3,(H,26,27). The molecule has 1 heterocycles. The van der Waals surface area contributed by atoms with E-state index < -0.39 is 5.97 Å². The summed E-state index contributed by atoms with van der Waals surface area (Å²) in [6.07, 6.45) is 3.07. The molecule has 1 fully saturated rings. The molecule has 0 amide bonds. The minimum Gasteiger partial charge on any atom is -0.477 e. The number of hydrogen-bond acceptors (Lipinski definition) is 4. The first-order valence-corrected chi connectivity index (χ1v) is 11.1. The predicted octanol–water partition coefficient (Wildman–Crippen LogP) is 4.51. The molecule has 0 radical (unpaired) electrons. The molecule has 152 valence electrons. The molecular formula is C22H28ClNO3S. The van der Waals surface area contributed by atoms with Gasteiger partial charge in [-0.3, -0.25) is 0 Å². The normalized spacial score (nSPS) is 24.7. The largest absolute Gasteiger partial charge is 0.477 e. The van der Waals surface area contributed by atoms with Gasteiger partial charge in [0.1, 0.15) is 4.88 Å². The third kappa shape index (κ3) is 5.57. The van der Waals surface area contributed by atoms with Gasteiger partial charge in [-0.05, 0) is 56.3 Å². The van der Waals surface area contributed by atoms with Gasteiger partial charge < -0.3 is 15.1 Å². The Morgan fingerprint density at radius 1 is 1.21 bits per heavy atom. The summed E-state index contributed by atoms with van der Waals surface area (Å²) < 4.78 is 0. The zero-order valence-electron chi connectivity index (χ0n) is 16.1. The molecule has 1 aliphatic rings. The average Bonchev–Trinajstić information content (AvgIpc) is 3.22. The van der Waals surface area contributed by atoms with Crippen LogP contribution < -0.4 is 0 Å². The van der Waals surface area contributed by atoms with E-state index in [9.17, 15) is 9.90 Å². The number of benzene rings is 1. The minimum atomic E-state index is -0.863. The Morgan fingerprint density at radius 3 is 2.64 bits per heavy atom. The van der Waals surface area contributed by atoms with Gasteiger partial charge in [0.15, 0.2) is 0 Å². The van der Waals surface area contributed by atoms with Crippen LogP contribution in [0.2, 0.25) is 0 Å². The van der Waals surface area contributed by atoms with Crippen molar-refractivity contribution in [2.75, 3.05) is 13.6 Å². The summed E-state index contributed by atoms with van der Waals surface area (Å²) in [7, 11) is 2.09. The van der Waals surface area contributed by atoms with Crippen LogP contribution in [0.25, 0.3) is 0 Å². The van der Waals surface area contributed by atoms with Crippen LogP contribution in [0.4, 0.5) is 0 Å². The van der Waals surface area contributed by atoms with Crippen molar-refractivity contribution < 1.29 is 15.0 Å². The average molecular weight is 422 g/mol. The van der Waals surface area contributed by atoms with Crippen LogP contribution in [0.3, 0.4) is 0 Å². The summed E-state index contributed by atoms with van der Waals surface area (Å²) in [4.78, 5) is 14.8. The van der Waals surface area contributed by atoms with Gasteiger partial charge in [-0.25, -0.2) is 4.79 Å². The molecule has 0 bridgehead atoms. The lowest BCUT2D eigenvalue weighted by Gasteiger charge is -2.28. The molecule has 3 rings (SSSR count). The molecular weight excluding hydrogens is 394 g/mol. The summed E-state index contributed by atoms with van der Waals surface area (Å²) >= 11 is 7.93. The van der Waals surface area contributed by atoms with Gasteiger partial charge in [0, 0.05) is 29.3 Å². The maximum atomic E-state index is 11.0. The maximum Gasteiger partial charge on any atom is 0.345 e. The van der Waals surface area contributed by atoms with Crippen LogP contribution in [-0.2, 0) is 13.0 Å². The fourth-order valence-electron chi connectivity index (χ4n) is 4.24. The van der Waals surface area contributed by atoms with Crippen molar-refractivity contribution in [1.29, 1.82) is 0 Å². The van der Waals surface area contributed by atoms with E-state index in [0.29, 0.717) is 11.3 Å². The van der Waals surface area contributed by atoms with E-state index in [4.69, 9.17) is 16.7 Å². The second kappa shape index (κ2) is 9.88. The van der Waals surface area contributed by atoms with E-state index in [-0.39, 0.29) is 23.3 Å². The van der Waals surface area contributed by atoms with Crippen molar-refractivity contribution in [3.05, 3.63) is 57.8 Å². The van der Waals surface area contributed by atoms with Gasteiger partial charge in [-0.1, -0.05) is 30.3 Å². The van der Waals surface area contributed by atoms with Crippen molar-refractivity contribution in [1.82, 2.24) is 4.90 Å². The first-order valence-electron chi connectivity index (χ1n) is 9.80. The maximum absolute atomic E-state index is 11.0. The molecule has 4 atom stereocenters. The Morgan fingerprint density at radius 2 is 1.96 bits per heavy atom. The highest BCUT2D eigenvalue weighted by molar-refractivity contribution is 7.13. The fourth-order valence-corrected chi connectivity index (χ4v) is 5.63. The Bertz CT molecular complexity index is 766. The van der Waals surface area contributed by atoms with Crippen LogP contribution in [0.15, 0.2) is 42.5 Å². The van der Waals surface area contributed by atoms with Gasteiger partial charge in [0.2, 0.25) is 0 Å². The number of aryl methyl sites for hydroxylation is 1. The van der Waals surface area contributed by atoms with E-state index >= 15 is 0 Å². The number of aromatic carboxylic acids is 1. The number of nitrogens with zero attached hydrogens (tertiary/aromatic N) is 1. The van der Waals surface area contributed by atoms with Crippen molar-refractivity contribution >= 4 is 28.9 Å². The van der Waals surface area contributed by atoms with E-state index in [1.54, 1.807) is 6.07 Å². The number of aliphatic hydroxyl groups excluding tert-OH is 1. The summed E-state index contributed by atoms with van der Waals surface area (Å²) in [6.45, 7) is 1.68. The summed E-state index contributed by atoms with van der Waals surface area (Å²) in [5.41, 5.74) is 1.27. The zero-order chi connectivity index (χ0) is 20.1. The second-order valence-electron chi connectivity index (χ2n) is 7.79. The molecule has 0 aliphatic heterocycles. The van der Waals surface area contributed by atoms with E-state index in [1.807, 2.05) is 24.3 Å². The number of carboxylic acids is 1.